The Hall–Kier alpha value is -3.08. The summed E-state index contributed by atoms with van der Waals surface area (Å²) in [7, 11) is 1.74. The zero-order valence-corrected chi connectivity index (χ0v) is 13.5. The third-order valence-electron chi connectivity index (χ3n) is 4.15. The van der Waals surface area contributed by atoms with E-state index in [1.807, 2.05) is 37.3 Å². The Kier molecular flexibility index (Phi) is 4.08. The Morgan fingerprint density at radius 1 is 1.12 bits per heavy atom. The summed E-state index contributed by atoms with van der Waals surface area (Å²) in [5, 5.41) is 13.2. The van der Waals surface area contributed by atoms with Crippen molar-refractivity contribution in [2.24, 2.45) is 7.05 Å². The minimum Gasteiger partial charge on any atom is -0.477 e. The standard InChI is InChI=1S/C19H18N2O3/c1-3-14-15-11-13(20-18(22)12-7-5-4-6-8-12)9-10-16(15)21(2)17(14)19(23)24/h4-11H,3H2,1-2H3,(H,20,22)(H,23,24). The number of anilines is 1. The fourth-order valence-corrected chi connectivity index (χ4v) is 3.02. The van der Waals surface area contributed by atoms with Crippen LogP contribution in [0.5, 0.6) is 0 Å². The van der Waals surface area contributed by atoms with Crippen LogP contribution >= 0.6 is 0 Å². The summed E-state index contributed by atoms with van der Waals surface area (Å²) in [6.45, 7) is 1.93. The van der Waals surface area contributed by atoms with Gasteiger partial charge in [-0.05, 0) is 42.3 Å². The van der Waals surface area contributed by atoms with Crippen molar-refractivity contribution in [3.8, 4) is 0 Å². The molecule has 5 heteroatoms. The molecule has 1 aromatic heterocycles. The molecule has 2 aromatic carbocycles. The third kappa shape index (κ3) is 2.65. The highest BCUT2D eigenvalue weighted by Gasteiger charge is 2.19. The molecule has 3 rings (SSSR count). The molecule has 0 aliphatic rings. The monoisotopic (exact) mass is 322 g/mol. The van der Waals surface area contributed by atoms with E-state index in [1.165, 1.54) is 0 Å². The van der Waals surface area contributed by atoms with Crippen LogP contribution in [0.15, 0.2) is 48.5 Å². The Morgan fingerprint density at radius 3 is 2.46 bits per heavy atom. The Balaban J connectivity index is 2.02. The van der Waals surface area contributed by atoms with E-state index in [-0.39, 0.29) is 5.91 Å². The van der Waals surface area contributed by atoms with Crippen molar-refractivity contribution in [3.63, 3.8) is 0 Å². The summed E-state index contributed by atoms with van der Waals surface area (Å²) >= 11 is 0. The molecule has 0 atom stereocenters. The Morgan fingerprint density at radius 2 is 1.83 bits per heavy atom. The molecule has 0 aliphatic heterocycles. The van der Waals surface area contributed by atoms with Crippen molar-refractivity contribution in [3.05, 3.63) is 65.4 Å². The van der Waals surface area contributed by atoms with Crippen LogP contribution in [0.3, 0.4) is 0 Å². The maximum atomic E-state index is 12.3. The fraction of sp³-hybridized carbons (Fsp3) is 0.158. The van der Waals surface area contributed by atoms with E-state index in [1.54, 1.807) is 29.8 Å². The van der Waals surface area contributed by atoms with E-state index in [0.29, 0.717) is 23.4 Å². The molecule has 0 bridgehead atoms. The molecule has 5 nitrogen and oxygen atoms in total. The molecule has 3 aromatic rings. The van der Waals surface area contributed by atoms with E-state index in [2.05, 4.69) is 5.32 Å². The second kappa shape index (κ2) is 6.20. The zero-order valence-electron chi connectivity index (χ0n) is 13.5. The lowest BCUT2D eigenvalue weighted by Crippen LogP contribution is -2.11. The quantitative estimate of drug-likeness (QED) is 0.769. The third-order valence-corrected chi connectivity index (χ3v) is 4.15. The van der Waals surface area contributed by atoms with Gasteiger partial charge in [0.05, 0.1) is 0 Å². The van der Waals surface area contributed by atoms with Crippen molar-refractivity contribution in [2.45, 2.75) is 13.3 Å². The van der Waals surface area contributed by atoms with Gasteiger partial charge >= 0.3 is 5.97 Å². The molecular weight excluding hydrogens is 304 g/mol. The van der Waals surface area contributed by atoms with Gasteiger partial charge in [-0.25, -0.2) is 4.79 Å². The lowest BCUT2D eigenvalue weighted by Gasteiger charge is -2.06. The minimum atomic E-state index is -0.944. The Bertz CT molecular complexity index is 927. The number of rotatable bonds is 4. The Labute approximate surface area is 139 Å². The number of aromatic nitrogens is 1. The molecule has 2 N–H and O–H groups in total. The normalized spacial score (nSPS) is 10.8. The second-order valence-electron chi connectivity index (χ2n) is 5.60. The summed E-state index contributed by atoms with van der Waals surface area (Å²) in [5.41, 5.74) is 3.12. The van der Waals surface area contributed by atoms with Crippen LogP contribution in [0.2, 0.25) is 0 Å². The number of carbonyl (C=O) groups excluding carboxylic acids is 1. The number of nitrogens with one attached hydrogen (secondary N) is 1. The van der Waals surface area contributed by atoms with Crippen molar-refractivity contribution >= 4 is 28.5 Å². The van der Waals surface area contributed by atoms with Crippen LogP contribution in [0.4, 0.5) is 5.69 Å². The smallest absolute Gasteiger partial charge is 0.352 e. The lowest BCUT2D eigenvalue weighted by molar-refractivity contribution is 0.0685. The topological polar surface area (TPSA) is 71.3 Å². The van der Waals surface area contributed by atoms with Crippen LogP contribution in [0.1, 0.15) is 33.3 Å². The number of carboxylic acids is 1. The van der Waals surface area contributed by atoms with Crippen LogP contribution in [-0.2, 0) is 13.5 Å². The first-order valence-electron chi connectivity index (χ1n) is 7.74. The largest absolute Gasteiger partial charge is 0.477 e. The maximum Gasteiger partial charge on any atom is 0.352 e. The number of amides is 1. The number of aryl methyl sites for hydroxylation is 2. The fourth-order valence-electron chi connectivity index (χ4n) is 3.02. The molecule has 1 heterocycles. The summed E-state index contributed by atoms with van der Waals surface area (Å²) < 4.78 is 1.68. The van der Waals surface area contributed by atoms with Gasteiger partial charge in [0.1, 0.15) is 5.69 Å². The van der Waals surface area contributed by atoms with Gasteiger partial charge < -0.3 is 15.0 Å². The van der Waals surface area contributed by atoms with Crippen molar-refractivity contribution in [1.82, 2.24) is 4.57 Å². The zero-order chi connectivity index (χ0) is 17.3. The van der Waals surface area contributed by atoms with Crippen molar-refractivity contribution < 1.29 is 14.7 Å². The van der Waals surface area contributed by atoms with Gasteiger partial charge in [-0.15, -0.1) is 0 Å². The number of hydrogen-bond acceptors (Lipinski definition) is 2. The van der Waals surface area contributed by atoms with Gasteiger partial charge in [-0.1, -0.05) is 25.1 Å². The number of benzene rings is 2. The summed E-state index contributed by atoms with van der Waals surface area (Å²) in [5.74, 6) is -1.14. The molecule has 0 unspecified atom stereocenters. The van der Waals surface area contributed by atoms with Gasteiger partial charge in [-0.3, -0.25) is 4.79 Å². The number of carbonyl (C=O) groups is 2. The van der Waals surface area contributed by atoms with Gasteiger partial charge in [0.25, 0.3) is 5.91 Å². The number of carboxylic acid groups (broad SMARTS) is 1. The van der Waals surface area contributed by atoms with Gasteiger partial charge in [0.2, 0.25) is 0 Å². The van der Waals surface area contributed by atoms with E-state index in [0.717, 1.165) is 16.5 Å². The van der Waals surface area contributed by atoms with Crippen LogP contribution in [0, 0.1) is 0 Å². The predicted molar refractivity (Wildman–Crippen MR) is 93.7 cm³/mol. The lowest BCUT2D eigenvalue weighted by atomic mass is 10.1. The van der Waals surface area contributed by atoms with Gasteiger partial charge in [0.15, 0.2) is 0 Å². The van der Waals surface area contributed by atoms with E-state index in [4.69, 9.17) is 0 Å². The molecular formula is C19H18N2O3. The molecule has 0 fully saturated rings. The van der Waals surface area contributed by atoms with E-state index >= 15 is 0 Å². The average Bonchev–Trinajstić information content (AvgIpc) is 2.87. The molecule has 0 saturated heterocycles. The molecule has 122 valence electrons. The molecule has 1 amide bonds. The summed E-state index contributed by atoms with van der Waals surface area (Å²) in [4.78, 5) is 23.8. The van der Waals surface area contributed by atoms with E-state index in [9.17, 15) is 14.7 Å². The highest BCUT2D eigenvalue weighted by molar-refractivity contribution is 6.06. The van der Waals surface area contributed by atoms with Crippen LogP contribution in [0.25, 0.3) is 10.9 Å². The summed E-state index contributed by atoms with van der Waals surface area (Å²) in [6, 6.07) is 14.4. The van der Waals surface area contributed by atoms with Crippen molar-refractivity contribution in [1.29, 1.82) is 0 Å². The van der Waals surface area contributed by atoms with E-state index < -0.39 is 5.97 Å². The first-order chi connectivity index (χ1) is 11.5. The highest BCUT2D eigenvalue weighted by atomic mass is 16.4. The van der Waals surface area contributed by atoms with Crippen molar-refractivity contribution in [2.75, 3.05) is 5.32 Å². The molecule has 24 heavy (non-hydrogen) atoms. The number of fused-ring (bicyclic) bond motifs is 1. The number of nitrogens with zero attached hydrogens (tertiary/aromatic N) is 1. The number of hydrogen-bond donors (Lipinski definition) is 2. The second-order valence-corrected chi connectivity index (χ2v) is 5.60. The average molecular weight is 322 g/mol. The molecule has 0 radical (unpaired) electrons. The SMILES string of the molecule is CCc1c(C(=O)O)n(C)c2ccc(NC(=O)c3ccccc3)cc12. The highest BCUT2D eigenvalue weighted by Crippen LogP contribution is 2.28. The molecule has 0 saturated carbocycles. The predicted octanol–water partition coefficient (Wildman–Crippen LogP) is 3.69. The molecule has 0 spiro atoms. The molecule has 0 aliphatic carbocycles. The summed E-state index contributed by atoms with van der Waals surface area (Å²) in [6.07, 6.45) is 0.606. The van der Waals surface area contributed by atoms with Gasteiger partial charge in [-0.2, -0.15) is 0 Å². The van der Waals surface area contributed by atoms with Gasteiger partial charge in [0, 0.05) is 29.2 Å². The first kappa shape index (κ1) is 15.8. The minimum absolute atomic E-state index is 0.192. The number of aromatic carboxylic acids is 1. The maximum absolute atomic E-state index is 12.3. The first-order valence-corrected chi connectivity index (χ1v) is 7.74. The van der Waals surface area contributed by atoms with Crippen LogP contribution in [-0.4, -0.2) is 21.6 Å². The van der Waals surface area contributed by atoms with Crippen LogP contribution < -0.4 is 5.32 Å².